The van der Waals surface area contributed by atoms with Gasteiger partial charge in [0.1, 0.15) is 11.6 Å². The Bertz CT molecular complexity index is 610. The molecule has 0 atom stereocenters. The van der Waals surface area contributed by atoms with Crippen LogP contribution in [0.15, 0.2) is 33.4 Å². The zero-order valence-electron chi connectivity index (χ0n) is 8.84. The Kier molecular flexibility index (Phi) is 3.82. The molecule has 0 aliphatic heterocycles. The third kappa shape index (κ3) is 2.47. The van der Waals surface area contributed by atoms with Crippen LogP contribution in [0.4, 0.5) is 8.78 Å². The first-order valence-electron chi connectivity index (χ1n) is 4.89. The molecule has 2 rings (SSSR count). The number of benzene rings is 1. The van der Waals surface area contributed by atoms with Crippen molar-refractivity contribution >= 4 is 33.3 Å². The van der Waals surface area contributed by atoms with Gasteiger partial charge in [0.25, 0.3) is 0 Å². The molecule has 0 unspecified atom stereocenters. The molecule has 0 N–H and O–H groups in total. The summed E-state index contributed by atoms with van der Waals surface area (Å²) in [5.74, 6) is -2.07. The maximum atomic E-state index is 13.7. The topological polar surface area (TPSA) is 30.2 Å². The second-order valence-corrected chi connectivity index (χ2v) is 4.73. The van der Waals surface area contributed by atoms with Crippen LogP contribution in [0.5, 0.6) is 0 Å². The molecule has 6 heteroatoms. The van der Waals surface area contributed by atoms with E-state index in [1.54, 1.807) is 0 Å². The number of furan rings is 1. The first kappa shape index (κ1) is 13.2. The molecule has 94 valence electrons. The molecule has 0 radical (unpaired) electrons. The molecule has 0 aliphatic rings. The fraction of sp³-hybridized carbons (Fsp3) is 0.0833. The van der Waals surface area contributed by atoms with E-state index < -0.39 is 23.8 Å². The van der Waals surface area contributed by atoms with Crippen LogP contribution < -0.4 is 0 Å². The standard InChI is InChI=1S/C12H6BrClF2O2/c13-8-1-2-9(15)7(11(8)16)5-10(17)6-3-4-18-12(6)14/h1-4H,5H2. The Hall–Kier alpha value is -1.20. The SMILES string of the molecule is O=C(Cc1c(F)ccc(Br)c1F)c1ccoc1Cl. The van der Waals surface area contributed by atoms with Gasteiger partial charge in [-0.05, 0) is 45.7 Å². The van der Waals surface area contributed by atoms with Gasteiger partial charge >= 0.3 is 0 Å². The summed E-state index contributed by atoms with van der Waals surface area (Å²) in [6, 6.07) is 3.69. The number of halogens is 4. The largest absolute Gasteiger partial charge is 0.452 e. The van der Waals surface area contributed by atoms with Crippen LogP contribution in [0.3, 0.4) is 0 Å². The van der Waals surface area contributed by atoms with Crippen molar-refractivity contribution in [3.8, 4) is 0 Å². The molecule has 2 aromatic rings. The summed E-state index contributed by atoms with van der Waals surface area (Å²) in [6.07, 6.45) is 0.819. The zero-order valence-corrected chi connectivity index (χ0v) is 11.2. The molecular weight excluding hydrogens is 329 g/mol. The quantitative estimate of drug-likeness (QED) is 0.615. The predicted octanol–water partition coefficient (Wildman–Crippen LogP) is 4.40. The maximum absolute atomic E-state index is 13.7. The van der Waals surface area contributed by atoms with Gasteiger partial charge in [0.05, 0.1) is 16.3 Å². The van der Waals surface area contributed by atoms with Crippen molar-refractivity contribution in [3.05, 3.63) is 56.9 Å². The molecule has 0 fully saturated rings. The summed E-state index contributed by atoms with van der Waals surface area (Å²) in [7, 11) is 0. The summed E-state index contributed by atoms with van der Waals surface area (Å²) in [5.41, 5.74) is -0.193. The molecule has 0 saturated heterocycles. The fourth-order valence-electron chi connectivity index (χ4n) is 1.48. The number of Topliss-reactive ketones (excluding diaryl/α,β-unsaturated/α-hetero) is 1. The van der Waals surface area contributed by atoms with E-state index in [-0.39, 0.29) is 20.8 Å². The average molecular weight is 336 g/mol. The van der Waals surface area contributed by atoms with Crippen LogP contribution in [0, 0.1) is 11.6 Å². The number of hydrogen-bond donors (Lipinski definition) is 0. The molecule has 1 aromatic carbocycles. The summed E-state index contributed by atoms with van der Waals surface area (Å²) in [6.45, 7) is 0. The van der Waals surface area contributed by atoms with Gasteiger partial charge in [0.2, 0.25) is 5.22 Å². The Balaban J connectivity index is 2.33. The van der Waals surface area contributed by atoms with Crippen molar-refractivity contribution < 1.29 is 18.0 Å². The molecule has 2 nitrogen and oxygen atoms in total. The van der Waals surface area contributed by atoms with E-state index in [9.17, 15) is 13.6 Å². The van der Waals surface area contributed by atoms with Crippen molar-refractivity contribution in [1.29, 1.82) is 0 Å². The molecule has 0 spiro atoms. The van der Waals surface area contributed by atoms with Crippen LogP contribution >= 0.6 is 27.5 Å². The first-order chi connectivity index (χ1) is 8.50. The van der Waals surface area contributed by atoms with Crippen molar-refractivity contribution in [2.24, 2.45) is 0 Å². The second-order valence-electron chi connectivity index (χ2n) is 3.53. The molecular formula is C12H6BrClF2O2. The van der Waals surface area contributed by atoms with Crippen molar-refractivity contribution in [2.45, 2.75) is 6.42 Å². The highest BCUT2D eigenvalue weighted by molar-refractivity contribution is 9.10. The van der Waals surface area contributed by atoms with E-state index >= 15 is 0 Å². The number of hydrogen-bond acceptors (Lipinski definition) is 2. The van der Waals surface area contributed by atoms with Gasteiger partial charge in [0, 0.05) is 12.0 Å². The summed E-state index contributed by atoms with van der Waals surface area (Å²) in [4.78, 5) is 11.8. The molecule has 0 aliphatic carbocycles. The number of carbonyl (C=O) groups is 1. The Morgan fingerprint density at radius 1 is 1.33 bits per heavy atom. The lowest BCUT2D eigenvalue weighted by atomic mass is 10.0. The molecule has 1 aromatic heterocycles. The maximum Gasteiger partial charge on any atom is 0.203 e. The monoisotopic (exact) mass is 334 g/mol. The highest BCUT2D eigenvalue weighted by Gasteiger charge is 2.19. The Morgan fingerprint density at radius 3 is 2.67 bits per heavy atom. The van der Waals surface area contributed by atoms with Gasteiger partial charge in [0.15, 0.2) is 5.78 Å². The summed E-state index contributed by atoms with van der Waals surface area (Å²) < 4.78 is 32.0. The van der Waals surface area contributed by atoms with E-state index in [1.165, 1.54) is 18.4 Å². The minimum atomic E-state index is -0.789. The van der Waals surface area contributed by atoms with Crippen molar-refractivity contribution in [1.82, 2.24) is 0 Å². The third-order valence-electron chi connectivity index (χ3n) is 2.39. The van der Waals surface area contributed by atoms with Gasteiger partial charge in [-0.25, -0.2) is 8.78 Å². The van der Waals surface area contributed by atoms with Crippen molar-refractivity contribution in [2.75, 3.05) is 0 Å². The van der Waals surface area contributed by atoms with E-state index in [0.717, 1.165) is 6.07 Å². The fourth-order valence-corrected chi connectivity index (χ4v) is 2.07. The van der Waals surface area contributed by atoms with Crippen molar-refractivity contribution in [3.63, 3.8) is 0 Å². The van der Waals surface area contributed by atoms with Gasteiger partial charge in [-0.15, -0.1) is 0 Å². The van der Waals surface area contributed by atoms with Gasteiger partial charge in [-0.1, -0.05) is 0 Å². The van der Waals surface area contributed by atoms with Gasteiger partial charge in [-0.3, -0.25) is 4.79 Å². The number of carbonyl (C=O) groups excluding carboxylic acids is 1. The lowest BCUT2D eigenvalue weighted by Crippen LogP contribution is -2.07. The van der Waals surface area contributed by atoms with Crippen LogP contribution in [0.25, 0.3) is 0 Å². The lowest BCUT2D eigenvalue weighted by Gasteiger charge is -2.05. The number of ketones is 1. The molecule has 0 amide bonds. The highest BCUT2D eigenvalue weighted by atomic mass is 79.9. The Labute approximate surface area is 115 Å². The number of rotatable bonds is 3. The first-order valence-corrected chi connectivity index (χ1v) is 6.06. The smallest absolute Gasteiger partial charge is 0.203 e. The van der Waals surface area contributed by atoms with Crippen LogP contribution in [0.2, 0.25) is 5.22 Å². The van der Waals surface area contributed by atoms with Crippen LogP contribution in [0.1, 0.15) is 15.9 Å². The van der Waals surface area contributed by atoms with Gasteiger partial charge < -0.3 is 4.42 Å². The van der Waals surface area contributed by atoms with Crippen LogP contribution in [-0.2, 0) is 6.42 Å². The van der Waals surface area contributed by atoms with E-state index in [0.29, 0.717) is 0 Å². The lowest BCUT2D eigenvalue weighted by molar-refractivity contribution is 0.0990. The molecule has 0 bridgehead atoms. The van der Waals surface area contributed by atoms with Crippen LogP contribution in [-0.4, -0.2) is 5.78 Å². The van der Waals surface area contributed by atoms with E-state index in [2.05, 4.69) is 15.9 Å². The van der Waals surface area contributed by atoms with Gasteiger partial charge in [-0.2, -0.15) is 0 Å². The Morgan fingerprint density at radius 2 is 2.06 bits per heavy atom. The highest BCUT2D eigenvalue weighted by Crippen LogP contribution is 2.24. The second kappa shape index (κ2) is 5.20. The zero-order chi connectivity index (χ0) is 13.3. The van der Waals surface area contributed by atoms with E-state index in [1.807, 2.05) is 0 Å². The molecule has 0 saturated carbocycles. The average Bonchev–Trinajstić information content (AvgIpc) is 2.76. The molecule has 18 heavy (non-hydrogen) atoms. The minimum absolute atomic E-state index is 0.0872. The normalized spacial score (nSPS) is 10.7. The summed E-state index contributed by atoms with van der Waals surface area (Å²) in [5, 5.41) is -0.0872. The third-order valence-corrected chi connectivity index (χ3v) is 3.30. The van der Waals surface area contributed by atoms with E-state index in [4.69, 9.17) is 16.0 Å². The summed E-state index contributed by atoms with van der Waals surface area (Å²) >= 11 is 8.56. The molecule has 1 heterocycles. The minimum Gasteiger partial charge on any atom is -0.452 e. The predicted molar refractivity (Wildman–Crippen MR) is 65.8 cm³/mol.